The zero-order chi connectivity index (χ0) is 13.7. The highest BCUT2D eigenvalue weighted by Gasteiger charge is 2.06. The van der Waals surface area contributed by atoms with E-state index in [1.807, 2.05) is 30.3 Å². The zero-order valence-corrected chi connectivity index (χ0v) is 10.8. The van der Waals surface area contributed by atoms with Crippen molar-refractivity contribution in [2.75, 3.05) is 7.11 Å². The Morgan fingerprint density at radius 3 is 2.63 bits per heavy atom. The lowest BCUT2D eigenvalue weighted by Crippen LogP contribution is -2.00. The first kappa shape index (κ1) is 13.4. The van der Waals surface area contributed by atoms with Crippen LogP contribution < -0.4 is 15.2 Å². The van der Waals surface area contributed by atoms with Gasteiger partial charge in [-0.25, -0.2) is 0 Å². The molecule has 2 rings (SSSR count). The first-order chi connectivity index (χ1) is 9.26. The van der Waals surface area contributed by atoms with Gasteiger partial charge in [0.15, 0.2) is 0 Å². The molecule has 0 bridgehead atoms. The Labute approximate surface area is 112 Å². The number of ether oxygens (including phenoxy) is 2. The van der Waals surface area contributed by atoms with Crippen molar-refractivity contribution in [3.63, 3.8) is 0 Å². The van der Waals surface area contributed by atoms with E-state index in [2.05, 4.69) is 0 Å². The summed E-state index contributed by atoms with van der Waals surface area (Å²) in [6.07, 6.45) is 0. The van der Waals surface area contributed by atoms with Gasteiger partial charge in [0.1, 0.15) is 17.2 Å². The molecule has 0 fully saturated rings. The first-order valence-electron chi connectivity index (χ1n) is 6.01. The second-order valence-electron chi connectivity index (χ2n) is 4.09. The van der Waals surface area contributed by atoms with Gasteiger partial charge in [-0.15, -0.1) is 0 Å². The lowest BCUT2D eigenvalue weighted by Gasteiger charge is -2.12. The Bertz CT molecular complexity index is 555. The van der Waals surface area contributed by atoms with E-state index in [0.717, 1.165) is 11.1 Å². The standard InChI is InChI=1S/C15H17NO3/c1-18-13-6-5-12(9-16)15(8-13)19-14-4-2-3-11(7-14)10-17/h2-8,17H,9-10,16H2,1H3. The maximum atomic E-state index is 9.12. The molecule has 0 aliphatic heterocycles. The molecule has 4 heteroatoms. The maximum Gasteiger partial charge on any atom is 0.135 e. The van der Waals surface area contributed by atoms with Crippen molar-refractivity contribution in [3.05, 3.63) is 53.6 Å². The number of aliphatic hydroxyl groups is 1. The summed E-state index contributed by atoms with van der Waals surface area (Å²) in [5.41, 5.74) is 7.39. The zero-order valence-electron chi connectivity index (χ0n) is 10.8. The van der Waals surface area contributed by atoms with Crippen LogP contribution in [0.3, 0.4) is 0 Å². The highest BCUT2D eigenvalue weighted by Crippen LogP contribution is 2.29. The molecule has 2 aromatic carbocycles. The number of methoxy groups -OCH3 is 1. The van der Waals surface area contributed by atoms with Crippen LogP contribution in [0.4, 0.5) is 0 Å². The van der Waals surface area contributed by atoms with Gasteiger partial charge in [-0.2, -0.15) is 0 Å². The Hall–Kier alpha value is -2.04. The van der Waals surface area contributed by atoms with E-state index in [9.17, 15) is 0 Å². The minimum atomic E-state index is -0.0148. The van der Waals surface area contributed by atoms with Gasteiger partial charge in [-0.1, -0.05) is 18.2 Å². The topological polar surface area (TPSA) is 64.7 Å². The number of benzene rings is 2. The Morgan fingerprint density at radius 2 is 1.95 bits per heavy atom. The number of rotatable bonds is 5. The van der Waals surface area contributed by atoms with Crippen molar-refractivity contribution in [1.82, 2.24) is 0 Å². The molecule has 0 aliphatic carbocycles. The van der Waals surface area contributed by atoms with Crippen LogP contribution in [0.2, 0.25) is 0 Å². The monoisotopic (exact) mass is 259 g/mol. The van der Waals surface area contributed by atoms with Gasteiger partial charge in [0.25, 0.3) is 0 Å². The molecule has 0 spiro atoms. The van der Waals surface area contributed by atoms with E-state index in [0.29, 0.717) is 23.8 Å². The van der Waals surface area contributed by atoms with Crippen LogP contribution in [-0.4, -0.2) is 12.2 Å². The van der Waals surface area contributed by atoms with Crippen LogP contribution >= 0.6 is 0 Å². The molecule has 0 aliphatic rings. The summed E-state index contributed by atoms with van der Waals surface area (Å²) in [6, 6.07) is 12.8. The molecule has 2 aromatic rings. The Balaban J connectivity index is 2.30. The average molecular weight is 259 g/mol. The third-order valence-electron chi connectivity index (χ3n) is 2.80. The third kappa shape index (κ3) is 3.24. The van der Waals surface area contributed by atoms with Gasteiger partial charge >= 0.3 is 0 Å². The third-order valence-corrected chi connectivity index (χ3v) is 2.80. The quantitative estimate of drug-likeness (QED) is 0.865. The maximum absolute atomic E-state index is 9.12. The minimum Gasteiger partial charge on any atom is -0.497 e. The van der Waals surface area contributed by atoms with Gasteiger partial charge in [0.05, 0.1) is 13.7 Å². The van der Waals surface area contributed by atoms with Gasteiger partial charge in [-0.3, -0.25) is 0 Å². The van der Waals surface area contributed by atoms with E-state index in [-0.39, 0.29) is 6.61 Å². The van der Waals surface area contributed by atoms with Crippen molar-refractivity contribution in [2.45, 2.75) is 13.2 Å². The predicted molar refractivity (Wildman–Crippen MR) is 73.3 cm³/mol. The van der Waals surface area contributed by atoms with Crippen molar-refractivity contribution in [2.24, 2.45) is 5.73 Å². The molecule has 0 radical (unpaired) electrons. The molecule has 0 unspecified atom stereocenters. The molecular weight excluding hydrogens is 242 g/mol. The van der Waals surface area contributed by atoms with E-state index in [1.165, 1.54) is 0 Å². The van der Waals surface area contributed by atoms with E-state index in [1.54, 1.807) is 19.2 Å². The largest absolute Gasteiger partial charge is 0.497 e. The number of hydrogen-bond donors (Lipinski definition) is 2. The molecule has 100 valence electrons. The summed E-state index contributed by atoms with van der Waals surface area (Å²) in [5, 5.41) is 9.12. The van der Waals surface area contributed by atoms with Crippen LogP contribution in [0.25, 0.3) is 0 Å². The fraction of sp³-hybridized carbons (Fsp3) is 0.200. The fourth-order valence-electron chi connectivity index (χ4n) is 1.76. The van der Waals surface area contributed by atoms with Crippen LogP contribution in [0.1, 0.15) is 11.1 Å². The summed E-state index contributed by atoms with van der Waals surface area (Å²) in [4.78, 5) is 0. The molecular formula is C15H17NO3. The summed E-state index contributed by atoms with van der Waals surface area (Å²) in [5.74, 6) is 2.04. The van der Waals surface area contributed by atoms with E-state index >= 15 is 0 Å². The van der Waals surface area contributed by atoms with Gasteiger partial charge in [0, 0.05) is 18.2 Å². The highest BCUT2D eigenvalue weighted by atomic mass is 16.5. The molecule has 19 heavy (non-hydrogen) atoms. The van der Waals surface area contributed by atoms with Crippen LogP contribution in [-0.2, 0) is 13.2 Å². The lowest BCUT2D eigenvalue weighted by molar-refractivity contribution is 0.281. The molecule has 4 nitrogen and oxygen atoms in total. The molecule has 0 aromatic heterocycles. The molecule has 0 heterocycles. The Kier molecular flexibility index (Phi) is 4.39. The normalized spacial score (nSPS) is 10.3. The van der Waals surface area contributed by atoms with Crippen LogP contribution in [0.5, 0.6) is 17.2 Å². The molecule has 0 saturated heterocycles. The van der Waals surface area contributed by atoms with Crippen LogP contribution in [0.15, 0.2) is 42.5 Å². The first-order valence-corrected chi connectivity index (χ1v) is 6.01. The number of aliphatic hydroxyl groups excluding tert-OH is 1. The molecule has 0 saturated carbocycles. The Morgan fingerprint density at radius 1 is 1.11 bits per heavy atom. The number of hydrogen-bond acceptors (Lipinski definition) is 4. The smallest absolute Gasteiger partial charge is 0.135 e. The van der Waals surface area contributed by atoms with Crippen LogP contribution in [0, 0.1) is 0 Å². The van der Waals surface area contributed by atoms with Crippen molar-refractivity contribution in [3.8, 4) is 17.2 Å². The average Bonchev–Trinajstić information content (AvgIpc) is 2.47. The van der Waals surface area contributed by atoms with Gasteiger partial charge in [-0.05, 0) is 23.8 Å². The fourth-order valence-corrected chi connectivity index (χ4v) is 1.76. The minimum absolute atomic E-state index is 0.0148. The summed E-state index contributed by atoms with van der Waals surface area (Å²) in [6.45, 7) is 0.373. The second-order valence-corrected chi connectivity index (χ2v) is 4.09. The van der Waals surface area contributed by atoms with Crippen molar-refractivity contribution < 1.29 is 14.6 Å². The van der Waals surface area contributed by atoms with Gasteiger partial charge < -0.3 is 20.3 Å². The SMILES string of the molecule is COc1ccc(CN)c(Oc2cccc(CO)c2)c1. The van der Waals surface area contributed by atoms with E-state index < -0.39 is 0 Å². The summed E-state index contributed by atoms with van der Waals surface area (Å²) >= 11 is 0. The highest BCUT2D eigenvalue weighted by molar-refractivity contribution is 5.43. The molecule has 0 atom stereocenters. The lowest BCUT2D eigenvalue weighted by atomic mass is 10.2. The molecule has 3 N–H and O–H groups in total. The summed E-state index contributed by atoms with van der Waals surface area (Å²) < 4.78 is 11.0. The summed E-state index contributed by atoms with van der Waals surface area (Å²) in [7, 11) is 1.60. The molecule has 0 amide bonds. The van der Waals surface area contributed by atoms with Crippen molar-refractivity contribution in [1.29, 1.82) is 0 Å². The van der Waals surface area contributed by atoms with Crippen molar-refractivity contribution >= 4 is 0 Å². The van der Waals surface area contributed by atoms with E-state index in [4.69, 9.17) is 20.3 Å². The van der Waals surface area contributed by atoms with Gasteiger partial charge in [0.2, 0.25) is 0 Å². The number of nitrogens with two attached hydrogens (primary N) is 1. The second kappa shape index (κ2) is 6.22. The predicted octanol–water partition coefficient (Wildman–Crippen LogP) is 2.44.